The third-order valence-electron chi connectivity index (χ3n) is 6.54. The zero-order valence-electron chi connectivity index (χ0n) is 18.7. The fourth-order valence-electron chi connectivity index (χ4n) is 4.58. The number of aromatic nitrogens is 4. The zero-order valence-corrected chi connectivity index (χ0v) is 18.7. The van der Waals surface area contributed by atoms with Gasteiger partial charge in [-0.1, -0.05) is 6.07 Å². The van der Waals surface area contributed by atoms with Crippen molar-refractivity contribution in [3.8, 4) is 11.4 Å². The maximum absolute atomic E-state index is 13.0. The molecule has 0 spiro atoms. The number of pyridine rings is 2. The van der Waals surface area contributed by atoms with Crippen molar-refractivity contribution in [2.75, 3.05) is 25.0 Å². The molecule has 1 aliphatic heterocycles. The first-order chi connectivity index (χ1) is 14.8. The lowest BCUT2D eigenvalue weighted by Gasteiger charge is -2.43. The van der Waals surface area contributed by atoms with E-state index in [-0.39, 0.29) is 5.56 Å². The van der Waals surface area contributed by atoms with Crippen LogP contribution in [0.25, 0.3) is 22.6 Å². The minimum absolute atomic E-state index is 0.0953. The van der Waals surface area contributed by atoms with Crippen LogP contribution >= 0.6 is 0 Å². The summed E-state index contributed by atoms with van der Waals surface area (Å²) in [7, 11) is 2.17. The first kappa shape index (κ1) is 19.8. The maximum Gasteiger partial charge on any atom is 0.258 e. The molecule has 0 amide bonds. The molecule has 5 heterocycles. The van der Waals surface area contributed by atoms with Crippen molar-refractivity contribution in [3.05, 3.63) is 64.2 Å². The molecule has 1 fully saturated rings. The second-order valence-corrected chi connectivity index (χ2v) is 8.92. The number of nitrogens with zero attached hydrogens (tertiary/aromatic N) is 6. The lowest BCUT2D eigenvalue weighted by molar-refractivity contribution is 0.170. The Kier molecular flexibility index (Phi) is 4.59. The van der Waals surface area contributed by atoms with Crippen LogP contribution in [0.5, 0.6) is 0 Å². The third kappa shape index (κ3) is 3.39. The highest BCUT2D eigenvalue weighted by molar-refractivity contribution is 5.67. The molecule has 5 rings (SSSR count). The van der Waals surface area contributed by atoms with Gasteiger partial charge in [0.2, 0.25) is 0 Å². The van der Waals surface area contributed by atoms with Gasteiger partial charge in [-0.3, -0.25) is 14.1 Å². The normalized spacial score (nSPS) is 20.1. The highest BCUT2D eigenvalue weighted by Gasteiger charge is 2.26. The molecule has 1 aliphatic rings. The molecule has 2 atom stereocenters. The summed E-state index contributed by atoms with van der Waals surface area (Å²) in [5.41, 5.74) is 6.21. The molecule has 31 heavy (non-hydrogen) atoms. The standard InChI is InChI=1S/C24H28N6O/c1-15-8-16(2)22-9-21(26-30(22)11-15)20-10-24(31)29-14-19(6-7-23(29)25-20)28-12-17(3)27(5)18(4)13-28/h6-11,14,17-18H,12-13H2,1-5H3/t17-,18+. The smallest absolute Gasteiger partial charge is 0.258 e. The third-order valence-corrected chi connectivity index (χ3v) is 6.54. The van der Waals surface area contributed by atoms with Crippen molar-refractivity contribution < 1.29 is 0 Å². The average molecular weight is 417 g/mol. The van der Waals surface area contributed by atoms with Crippen LogP contribution in [0.4, 0.5) is 5.69 Å². The molecule has 0 saturated carbocycles. The van der Waals surface area contributed by atoms with E-state index in [0.717, 1.165) is 35.4 Å². The number of hydrogen-bond acceptors (Lipinski definition) is 5. The molecular weight excluding hydrogens is 388 g/mol. The van der Waals surface area contributed by atoms with E-state index < -0.39 is 0 Å². The minimum atomic E-state index is -0.0953. The van der Waals surface area contributed by atoms with Gasteiger partial charge in [-0.25, -0.2) is 9.50 Å². The van der Waals surface area contributed by atoms with Crippen molar-refractivity contribution >= 4 is 16.9 Å². The molecule has 160 valence electrons. The summed E-state index contributed by atoms with van der Waals surface area (Å²) in [6, 6.07) is 10.6. The SMILES string of the molecule is Cc1cc(C)c2cc(-c3cc(=O)n4cc(N5C[C@@H](C)N(C)[C@@H](C)C5)ccc4n3)nn2c1. The summed E-state index contributed by atoms with van der Waals surface area (Å²) in [4.78, 5) is 22.5. The second-order valence-electron chi connectivity index (χ2n) is 8.92. The Balaban J connectivity index is 1.54. The molecular formula is C24H28N6O. The second kappa shape index (κ2) is 7.20. The van der Waals surface area contributed by atoms with Crippen LogP contribution in [0.3, 0.4) is 0 Å². The first-order valence-electron chi connectivity index (χ1n) is 10.8. The summed E-state index contributed by atoms with van der Waals surface area (Å²) in [6.45, 7) is 10.5. The fraction of sp³-hybridized carbons (Fsp3) is 0.375. The predicted molar refractivity (Wildman–Crippen MR) is 124 cm³/mol. The van der Waals surface area contributed by atoms with Crippen LogP contribution in [-0.4, -0.2) is 56.1 Å². The Labute approximate surface area is 181 Å². The van der Waals surface area contributed by atoms with Crippen LogP contribution in [0.1, 0.15) is 25.0 Å². The molecule has 0 radical (unpaired) electrons. The Hall–Kier alpha value is -3.19. The molecule has 0 aromatic carbocycles. The van der Waals surface area contributed by atoms with E-state index in [2.05, 4.69) is 54.9 Å². The van der Waals surface area contributed by atoms with Gasteiger partial charge in [-0.15, -0.1) is 0 Å². The molecule has 0 aliphatic carbocycles. The number of anilines is 1. The monoisotopic (exact) mass is 416 g/mol. The summed E-state index contributed by atoms with van der Waals surface area (Å²) < 4.78 is 3.50. The zero-order chi connectivity index (χ0) is 21.9. The van der Waals surface area contributed by atoms with Crippen LogP contribution in [0, 0.1) is 13.8 Å². The molecule has 4 aromatic rings. The van der Waals surface area contributed by atoms with Crippen molar-refractivity contribution in [3.63, 3.8) is 0 Å². The molecule has 0 N–H and O–H groups in total. The van der Waals surface area contributed by atoms with Crippen molar-refractivity contribution in [1.82, 2.24) is 23.9 Å². The molecule has 4 aromatic heterocycles. The summed E-state index contributed by atoms with van der Waals surface area (Å²) >= 11 is 0. The van der Waals surface area contributed by atoms with Gasteiger partial charge in [-0.2, -0.15) is 5.10 Å². The lowest BCUT2D eigenvalue weighted by Crippen LogP contribution is -2.55. The van der Waals surface area contributed by atoms with Gasteiger partial charge in [0.1, 0.15) is 11.3 Å². The number of rotatable bonds is 2. The van der Waals surface area contributed by atoms with E-state index in [0.29, 0.717) is 29.1 Å². The fourth-order valence-corrected chi connectivity index (χ4v) is 4.58. The van der Waals surface area contributed by atoms with Gasteiger partial charge in [0, 0.05) is 43.6 Å². The van der Waals surface area contributed by atoms with E-state index >= 15 is 0 Å². The van der Waals surface area contributed by atoms with E-state index in [4.69, 9.17) is 4.98 Å². The maximum atomic E-state index is 13.0. The summed E-state index contributed by atoms with van der Waals surface area (Å²) in [6.07, 6.45) is 3.90. The Morgan fingerprint density at radius 3 is 2.45 bits per heavy atom. The van der Waals surface area contributed by atoms with Gasteiger partial charge >= 0.3 is 0 Å². The average Bonchev–Trinajstić information content (AvgIpc) is 3.16. The highest BCUT2D eigenvalue weighted by atomic mass is 16.1. The lowest BCUT2D eigenvalue weighted by atomic mass is 10.1. The number of hydrogen-bond donors (Lipinski definition) is 0. The number of fused-ring (bicyclic) bond motifs is 2. The minimum Gasteiger partial charge on any atom is -0.367 e. The molecule has 7 nitrogen and oxygen atoms in total. The Morgan fingerprint density at radius 2 is 1.71 bits per heavy atom. The van der Waals surface area contributed by atoms with Crippen LogP contribution in [0.15, 0.2) is 47.5 Å². The highest BCUT2D eigenvalue weighted by Crippen LogP contribution is 2.23. The van der Waals surface area contributed by atoms with Gasteiger partial charge in [0.25, 0.3) is 5.56 Å². The molecule has 7 heteroatoms. The number of piperazine rings is 1. The van der Waals surface area contributed by atoms with Gasteiger partial charge in [-0.05, 0) is 64.1 Å². The number of likely N-dealkylation sites (N-methyl/N-ethyl adjacent to an activating group) is 1. The quantitative estimate of drug-likeness (QED) is 0.502. The van der Waals surface area contributed by atoms with Gasteiger partial charge in [0.15, 0.2) is 0 Å². The van der Waals surface area contributed by atoms with Crippen molar-refractivity contribution in [1.29, 1.82) is 0 Å². The molecule has 0 bridgehead atoms. The van der Waals surface area contributed by atoms with Crippen molar-refractivity contribution in [2.24, 2.45) is 0 Å². The van der Waals surface area contributed by atoms with E-state index in [1.165, 1.54) is 0 Å². The van der Waals surface area contributed by atoms with Crippen LogP contribution < -0.4 is 10.5 Å². The number of aryl methyl sites for hydroxylation is 2. The van der Waals surface area contributed by atoms with E-state index in [9.17, 15) is 4.79 Å². The first-order valence-corrected chi connectivity index (χ1v) is 10.8. The van der Waals surface area contributed by atoms with Crippen LogP contribution in [0.2, 0.25) is 0 Å². The predicted octanol–water partition coefficient (Wildman–Crippen LogP) is 3.15. The largest absolute Gasteiger partial charge is 0.367 e. The molecule has 0 unspecified atom stereocenters. The molecule has 1 saturated heterocycles. The van der Waals surface area contributed by atoms with E-state index in [1.54, 1.807) is 10.5 Å². The van der Waals surface area contributed by atoms with Crippen LogP contribution in [-0.2, 0) is 0 Å². The summed E-state index contributed by atoms with van der Waals surface area (Å²) in [5, 5.41) is 4.66. The summed E-state index contributed by atoms with van der Waals surface area (Å²) in [5.74, 6) is 0. The Bertz CT molecular complexity index is 1340. The Morgan fingerprint density at radius 1 is 0.968 bits per heavy atom. The van der Waals surface area contributed by atoms with Gasteiger partial charge in [0.05, 0.1) is 16.9 Å². The van der Waals surface area contributed by atoms with Crippen molar-refractivity contribution in [2.45, 2.75) is 39.8 Å². The topological polar surface area (TPSA) is 58.2 Å². The van der Waals surface area contributed by atoms with E-state index in [1.807, 2.05) is 36.0 Å². The van der Waals surface area contributed by atoms with Gasteiger partial charge < -0.3 is 4.90 Å².